The molecule has 0 N–H and O–H groups in total. The Hall–Kier alpha value is -5.77. The fourth-order valence-electron chi connectivity index (χ4n) is 8.53. The van der Waals surface area contributed by atoms with Gasteiger partial charge in [-0.3, -0.25) is 0 Å². The minimum absolute atomic E-state index is 0.0281. The topological polar surface area (TPSA) is 35.2 Å². The van der Waals surface area contributed by atoms with Crippen molar-refractivity contribution in [3.05, 3.63) is 178 Å². The van der Waals surface area contributed by atoms with Gasteiger partial charge in [0.1, 0.15) is 0 Å². The van der Waals surface area contributed by atoms with E-state index in [4.69, 9.17) is 9.72 Å². The fraction of sp³-hybridized carbons (Fsp3) is 0.222. The van der Waals surface area contributed by atoms with Crippen LogP contribution in [0.5, 0.6) is 11.5 Å². The normalized spacial score (nSPS) is 14.3. The summed E-state index contributed by atoms with van der Waals surface area (Å²) in [6.07, 6.45) is 2.97. The molecular weight excluding hydrogens is 916 g/mol. The Kier molecular flexibility index (Phi) is 10.4. The molecule has 0 aliphatic carbocycles. The zero-order chi connectivity index (χ0) is 41.8. The maximum absolute atomic E-state index is 6.96. The van der Waals surface area contributed by atoms with Gasteiger partial charge in [-0.25, -0.2) is 0 Å². The van der Waals surface area contributed by atoms with Crippen molar-refractivity contribution >= 4 is 22.5 Å². The summed E-state index contributed by atoms with van der Waals surface area (Å²) >= 11 is 2.53. The number of pyridine rings is 1. The zero-order valence-corrected chi connectivity index (χ0v) is 37.8. The van der Waals surface area contributed by atoms with Gasteiger partial charge >= 0.3 is 316 Å². The summed E-state index contributed by atoms with van der Waals surface area (Å²) in [6, 6.07) is 54.6. The summed E-state index contributed by atoms with van der Waals surface area (Å²) in [6.45, 7) is 16.8. The third kappa shape index (κ3) is 7.61. The third-order valence-corrected chi connectivity index (χ3v) is 12.7. The summed E-state index contributed by atoms with van der Waals surface area (Å²) in [5.74, 6) is 3.09. The molecule has 0 saturated carbocycles. The number of benzene rings is 6. The van der Waals surface area contributed by atoms with Gasteiger partial charge in [-0.15, -0.1) is 0 Å². The van der Waals surface area contributed by atoms with E-state index in [0.29, 0.717) is 5.92 Å². The average molecular weight is 968 g/mol. The number of rotatable bonds is 7. The first-order chi connectivity index (χ1) is 28.8. The molecule has 0 amide bonds. The molecule has 1 unspecified atom stereocenters. The Labute approximate surface area is 365 Å². The second-order valence-electron chi connectivity index (χ2n) is 18.3. The van der Waals surface area contributed by atoms with Crippen LogP contribution in [-0.4, -0.2) is 20.7 Å². The van der Waals surface area contributed by atoms with Gasteiger partial charge in [0.05, 0.1) is 0 Å². The molecule has 0 radical (unpaired) electrons. The van der Waals surface area contributed by atoms with E-state index in [9.17, 15) is 0 Å². The quantitative estimate of drug-likeness (QED) is 0.160. The monoisotopic (exact) mass is 967 g/mol. The van der Waals surface area contributed by atoms with Crippen molar-refractivity contribution in [2.24, 2.45) is 5.92 Å². The molecule has 0 spiro atoms. The Morgan fingerprint density at radius 1 is 0.600 bits per heavy atom. The number of anilines is 2. The second kappa shape index (κ2) is 15.7. The first-order valence-electron chi connectivity index (χ1n) is 21.0. The van der Waals surface area contributed by atoms with Crippen molar-refractivity contribution < 1.29 is 24.1 Å². The molecule has 1 aliphatic heterocycles. The summed E-state index contributed by atoms with van der Waals surface area (Å²) in [7, 11) is 0. The number of imidazole rings is 1. The van der Waals surface area contributed by atoms with Gasteiger partial charge in [-0.2, -0.15) is 0 Å². The van der Waals surface area contributed by atoms with E-state index >= 15 is 0 Å². The van der Waals surface area contributed by atoms with Gasteiger partial charge in [0.2, 0.25) is 0 Å². The number of para-hydroxylation sites is 3. The van der Waals surface area contributed by atoms with Crippen molar-refractivity contribution in [1.82, 2.24) is 14.1 Å². The van der Waals surface area contributed by atoms with E-state index in [1.807, 2.05) is 6.20 Å². The van der Waals surface area contributed by atoms with Crippen LogP contribution in [0.2, 0.25) is 0 Å². The molecule has 2 aromatic heterocycles. The third-order valence-electron chi connectivity index (χ3n) is 11.7. The number of hydrogen-bond acceptors (Lipinski definition) is 3. The van der Waals surface area contributed by atoms with E-state index in [-0.39, 0.29) is 10.8 Å². The molecule has 8 aromatic rings. The minimum atomic E-state index is -0.133. The summed E-state index contributed by atoms with van der Waals surface area (Å²) < 4.78 is 12.9. The van der Waals surface area contributed by atoms with E-state index in [0.717, 1.165) is 62.2 Å². The predicted molar refractivity (Wildman–Crippen MR) is 245 cm³/mol. The van der Waals surface area contributed by atoms with E-state index in [2.05, 4.69) is 234 Å². The van der Waals surface area contributed by atoms with E-state index in [1.54, 1.807) is 0 Å². The molecular formula is C54H52N4OPt. The van der Waals surface area contributed by atoms with Gasteiger partial charge in [0, 0.05) is 6.20 Å². The molecule has 3 heterocycles. The van der Waals surface area contributed by atoms with Crippen LogP contribution in [0.3, 0.4) is 0 Å². The van der Waals surface area contributed by atoms with Crippen LogP contribution in [-0.2, 0) is 36.6 Å². The molecule has 5 nitrogen and oxygen atoms in total. The molecule has 0 fully saturated rings. The summed E-state index contributed by atoms with van der Waals surface area (Å²) in [4.78, 5) is 7.27. The molecule has 1 atom stereocenters. The number of aromatic nitrogens is 3. The Morgan fingerprint density at radius 3 is 1.85 bits per heavy atom. The molecule has 0 saturated heterocycles. The van der Waals surface area contributed by atoms with Gasteiger partial charge in [-0.1, -0.05) is 27.7 Å². The van der Waals surface area contributed by atoms with Gasteiger partial charge < -0.3 is 0 Å². The first kappa shape index (κ1) is 39.7. The molecule has 304 valence electrons. The summed E-state index contributed by atoms with van der Waals surface area (Å²) in [5.41, 5.74) is 14.0. The zero-order valence-electron chi connectivity index (χ0n) is 35.5. The first-order valence-corrected chi connectivity index (χ1v) is 22.1. The standard InChI is InChI=1S/C54H52N4O.Pt/c1-37-29-40-25-26-44(34-50(40)56(35-37)51-32-41(27-28-55-51)53(2,3)4)59-45-31-42(54(5,6)7)30-43(33-45)57-36-58(49-24-15-14-23-48(49)57)52-46(38-17-10-8-11-18-38)21-16-22-47(52)39-19-12-9-13-20-39;/h8-28,30-34,37H,29,35H2,1-7H3;. The molecule has 6 aromatic carbocycles. The number of hydrogen-bond donors (Lipinski definition) is 0. The van der Waals surface area contributed by atoms with Gasteiger partial charge in [0.15, 0.2) is 0 Å². The SMILES string of the molecule is CC1Cc2ccc(Oc3cc(-n4[c](=[Pt])n(-c5c(-c6ccccc6)cccc5-c5ccccc5)c5ccccc54)cc(C(C)(C)C)c3)cc2N(c2cc(C(C)(C)C)ccn2)C1. The number of ether oxygens (including phenoxy) is 1. The van der Waals surface area contributed by atoms with Crippen molar-refractivity contribution in [2.75, 3.05) is 11.4 Å². The maximum atomic E-state index is 6.96. The Balaban J connectivity index is 1.20. The van der Waals surface area contributed by atoms with E-state index < -0.39 is 0 Å². The second-order valence-corrected chi connectivity index (χ2v) is 19.3. The van der Waals surface area contributed by atoms with Crippen molar-refractivity contribution in [2.45, 2.75) is 65.7 Å². The molecule has 60 heavy (non-hydrogen) atoms. The van der Waals surface area contributed by atoms with Crippen LogP contribution in [0, 0.1) is 9.72 Å². The van der Waals surface area contributed by atoms with Crippen LogP contribution >= 0.6 is 0 Å². The Bertz CT molecular complexity index is 2860. The van der Waals surface area contributed by atoms with Crippen molar-refractivity contribution in [3.8, 4) is 45.1 Å². The van der Waals surface area contributed by atoms with Crippen molar-refractivity contribution in [1.29, 1.82) is 0 Å². The fourth-order valence-corrected chi connectivity index (χ4v) is 9.62. The number of nitrogens with zero attached hydrogens (tertiary/aromatic N) is 4. The Morgan fingerprint density at radius 2 is 1.22 bits per heavy atom. The molecule has 1 aliphatic rings. The number of fused-ring (bicyclic) bond motifs is 2. The van der Waals surface area contributed by atoms with Crippen LogP contribution in [0.1, 0.15) is 65.2 Å². The van der Waals surface area contributed by atoms with Crippen molar-refractivity contribution in [3.63, 3.8) is 0 Å². The van der Waals surface area contributed by atoms with E-state index in [1.165, 1.54) is 38.9 Å². The molecule has 0 bridgehead atoms. The molecule has 9 rings (SSSR count). The predicted octanol–water partition coefficient (Wildman–Crippen LogP) is 13.9. The average Bonchev–Trinajstić information content (AvgIpc) is 3.54. The van der Waals surface area contributed by atoms with Gasteiger partial charge in [0.25, 0.3) is 0 Å². The van der Waals surface area contributed by atoms with Gasteiger partial charge in [-0.05, 0) is 17.0 Å². The van der Waals surface area contributed by atoms with Crippen LogP contribution in [0.25, 0.3) is 44.7 Å². The van der Waals surface area contributed by atoms with Crippen LogP contribution in [0.15, 0.2) is 158 Å². The van der Waals surface area contributed by atoms with Crippen LogP contribution in [0.4, 0.5) is 11.5 Å². The summed E-state index contributed by atoms with van der Waals surface area (Å²) in [5, 5.41) is 0. The molecule has 6 heteroatoms. The van der Waals surface area contributed by atoms with Crippen LogP contribution < -0.4 is 9.64 Å².